The molecule has 6 heteroatoms. The fourth-order valence-electron chi connectivity index (χ4n) is 3.07. The zero-order valence-corrected chi connectivity index (χ0v) is 15.3. The Morgan fingerprint density at radius 2 is 1.73 bits per heavy atom. The highest BCUT2D eigenvalue weighted by molar-refractivity contribution is 6.33. The van der Waals surface area contributed by atoms with Crippen LogP contribution in [0.2, 0.25) is 5.02 Å². The summed E-state index contributed by atoms with van der Waals surface area (Å²) in [5.74, 6) is 0.548. The predicted molar refractivity (Wildman–Crippen MR) is 102 cm³/mol. The molecule has 1 saturated heterocycles. The van der Waals surface area contributed by atoms with E-state index in [2.05, 4.69) is 5.32 Å². The second kappa shape index (κ2) is 8.23. The minimum atomic E-state index is -0.104. The maximum Gasteiger partial charge on any atom is 0.255 e. The first-order valence-corrected chi connectivity index (χ1v) is 8.95. The highest BCUT2D eigenvalue weighted by atomic mass is 35.5. The monoisotopic (exact) mass is 372 g/mol. The van der Waals surface area contributed by atoms with Crippen LogP contribution in [0.3, 0.4) is 0 Å². The number of carbonyl (C=O) groups is 2. The van der Waals surface area contributed by atoms with Gasteiger partial charge in [-0.25, -0.2) is 0 Å². The lowest BCUT2D eigenvalue weighted by Crippen LogP contribution is -2.41. The third kappa shape index (κ3) is 4.17. The summed E-state index contributed by atoms with van der Waals surface area (Å²) in [6, 6.07) is 14.3. The molecule has 1 aliphatic heterocycles. The number of hydrogen-bond donors (Lipinski definition) is 1. The van der Waals surface area contributed by atoms with Gasteiger partial charge in [0.05, 0.1) is 17.7 Å². The Balaban J connectivity index is 1.55. The maximum atomic E-state index is 12.6. The summed E-state index contributed by atoms with van der Waals surface area (Å²) >= 11 is 6.11. The highest BCUT2D eigenvalue weighted by Gasteiger charge is 2.28. The van der Waals surface area contributed by atoms with Crippen LogP contribution >= 0.6 is 11.6 Å². The van der Waals surface area contributed by atoms with E-state index >= 15 is 0 Å². The Kier molecular flexibility index (Phi) is 5.78. The van der Waals surface area contributed by atoms with Crippen LogP contribution in [-0.2, 0) is 4.79 Å². The minimum Gasteiger partial charge on any atom is -0.497 e. The molecule has 2 amide bonds. The van der Waals surface area contributed by atoms with E-state index in [9.17, 15) is 9.59 Å². The van der Waals surface area contributed by atoms with Crippen molar-refractivity contribution >= 4 is 29.1 Å². The second-order valence-electron chi connectivity index (χ2n) is 6.26. The number of halogens is 1. The van der Waals surface area contributed by atoms with Crippen molar-refractivity contribution in [3.63, 3.8) is 0 Å². The molecule has 0 atom stereocenters. The van der Waals surface area contributed by atoms with Crippen LogP contribution in [0.5, 0.6) is 5.75 Å². The molecule has 0 bridgehead atoms. The van der Waals surface area contributed by atoms with Crippen LogP contribution in [0.1, 0.15) is 23.2 Å². The highest BCUT2D eigenvalue weighted by Crippen LogP contribution is 2.24. The zero-order valence-electron chi connectivity index (χ0n) is 14.6. The van der Waals surface area contributed by atoms with Gasteiger partial charge in [-0.2, -0.15) is 0 Å². The summed E-state index contributed by atoms with van der Waals surface area (Å²) in [6.45, 7) is 1.09. The van der Waals surface area contributed by atoms with Crippen LogP contribution in [-0.4, -0.2) is 36.9 Å². The average Bonchev–Trinajstić information content (AvgIpc) is 2.68. The van der Waals surface area contributed by atoms with Gasteiger partial charge in [0, 0.05) is 24.7 Å². The van der Waals surface area contributed by atoms with Crippen molar-refractivity contribution in [3.8, 4) is 5.75 Å². The molecule has 0 aromatic heterocycles. The first-order chi connectivity index (χ1) is 12.6. The molecule has 0 aliphatic carbocycles. The molecule has 1 heterocycles. The van der Waals surface area contributed by atoms with Gasteiger partial charge in [0.25, 0.3) is 5.91 Å². The standard InChI is InChI=1S/C20H21ClN2O3/c1-26-16-8-6-15(7-9-16)22-19(24)14-10-12-23(13-11-14)20(25)17-4-2-3-5-18(17)21/h2-9,14H,10-13H2,1H3,(H,22,24). The Morgan fingerprint density at radius 1 is 1.08 bits per heavy atom. The number of hydrogen-bond acceptors (Lipinski definition) is 3. The SMILES string of the molecule is COc1ccc(NC(=O)C2CCN(C(=O)c3ccccc3Cl)CC2)cc1. The lowest BCUT2D eigenvalue weighted by atomic mass is 9.95. The van der Waals surface area contributed by atoms with E-state index in [-0.39, 0.29) is 17.7 Å². The van der Waals surface area contributed by atoms with Gasteiger partial charge in [-0.3, -0.25) is 9.59 Å². The van der Waals surface area contributed by atoms with E-state index < -0.39 is 0 Å². The number of likely N-dealkylation sites (tertiary alicyclic amines) is 1. The molecule has 136 valence electrons. The van der Waals surface area contributed by atoms with Crippen LogP contribution in [0.15, 0.2) is 48.5 Å². The van der Waals surface area contributed by atoms with Crippen molar-refractivity contribution in [3.05, 3.63) is 59.1 Å². The fourth-order valence-corrected chi connectivity index (χ4v) is 3.29. The maximum absolute atomic E-state index is 12.6. The van der Waals surface area contributed by atoms with Gasteiger partial charge in [0.1, 0.15) is 5.75 Å². The van der Waals surface area contributed by atoms with Gasteiger partial charge in [-0.05, 0) is 49.2 Å². The minimum absolute atomic E-state index is 0.0139. The zero-order chi connectivity index (χ0) is 18.5. The van der Waals surface area contributed by atoms with E-state index in [0.29, 0.717) is 36.5 Å². The molecule has 3 rings (SSSR count). The Morgan fingerprint density at radius 3 is 2.35 bits per heavy atom. The lowest BCUT2D eigenvalue weighted by Gasteiger charge is -2.31. The van der Waals surface area contributed by atoms with E-state index in [0.717, 1.165) is 11.4 Å². The Bertz CT molecular complexity index is 784. The second-order valence-corrected chi connectivity index (χ2v) is 6.67. The average molecular weight is 373 g/mol. The summed E-state index contributed by atoms with van der Waals surface area (Å²) < 4.78 is 5.11. The van der Waals surface area contributed by atoms with Gasteiger partial charge in [-0.1, -0.05) is 23.7 Å². The molecule has 2 aromatic rings. The number of amides is 2. The van der Waals surface area contributed by atoms with E-state index in [1.165, 1.54) is 0 Å². The smallest absolute Gasteiger partial charge is 0.255 e. The molecule has 2 aromatic carbocycles. The number of carbonyl (C=O) groups excluding carboxylic acids is 2. The quantitative estimate of drug-likeness (QED) is 0.887. The van der Waals surface area contributed by atoms with Gasteiger partial charge < -0.3 is 15.0 Å². The summed E-state index contributed by atoms with van der Waals surface area (Å²) in [5.41, 5.74) is 1.25. The number of nitrogens with one attached hydrogen (secondary N) is 1. The molecule has 0 unspecified atom stereocenters. The summed E-state index contributed by atoms with van der Waals surface area (Å²) in [4.78, 5) is 26.8. The molecule has 0 saturated carbocycles. The number of benzene rings is 2. The van der Waals surface area contributed by atoms with E-state index in [1.807, 2.05) is 12.1 Å². The van der Waals surface area contributed by atoms with Crippen molar-refractivity contribution in [1.82, 2.24) is 4.90 Å². The number of nitrogens with zero attached hydrogens (tertiary/aromatic N) is 1. The normalized spacial score (nSPS) is 14.8. The van der Waals surface area contributed by atoms with Gasteiger partial charge in [-0.15, -0.1) is 0 Å². The van der Waals surface area contributed by atoms with E-state index in [4.69, 9.17) is 16.3 Å². The number of ether oxygens (including phenoxy) is 1. The first kappa shape index (κ1) is 18.3. The molecule has 1 fully saturated rings. The molecule has 0 spiro atoms. The molecule has 5 nitrogen and oxygen atoms in total. The van der Waals surface area contributed by atoms with Crippen molar-refractivity contribution in [2.75, 3.05) is 25.5 Å². The first-order valence-electron chi connectivity index (χ1n) is 8.57. The van der Waals surface area contributed by atoms with Crippen LogP contribution < -0.4 is 10.1 Å². The van der Waals surface area contributed by atoms with Crippen molar-refractivity contribution in [2.24, 2.45) is 5.92 Å². The van der Waals surface area contributed by atoms with Crippen molar-refractivity contribution in [2.45, 2.75) is 12.8 Å². The molecule has 26 heavy (non-hydrogen) atoms. The molecule has 0 radical (unpaired) electrons. The van der Waals surface area contributed by atoms with Gasteiger partial charge >= 0.3 is 0 Å². The number of piperidine rings is 1. The third-order valence-corrected chi connectivity index (χ3v) is 4.94. The number of anilines is 1. The third-order valence-electron chi connectivity index (χ3n) is 4.61. The molecular weight excluding hydrogens is 352 g/mol. The van der Waals surface area contributed by atoms with Crippen LogP contribution in [0.4, 0.5) is 5.69 Å². The summed E-state index contributed by atoms with van der Waals surface area (Å²) in [7, 11) is 1.60. The van der Waals surface area contributed by atoms with Crippen LogP contribution in [0.25, 0.3) is 0 Å². The molecular formula is C20H21ClN2O3. The summed E-state index contributed by atoms with van der Waals surface area (Å²) in [5, 5.41) is 3.38. The van der Waals surface area contributed by atoms with E-state index in [1.54, 1.807) is 48.4 Å². The summed E-state index contributed by atoms with van der Waals surface area (Å²) in [6.07, 6.45) is 1.27. The fraction of sp³-hybridized carbons (Fsp3) is 0.300. The molecule has 1 aliphatic rings. The molecule has 1 N–H and O–H groups in total. The lowest BCUT2D eigenvalue weighted by molar-refractivity contribution is -0.121. The Labute approximate surface area is 157 Å². The number of methoxy groups -OCH3 is 1. The van der Waals surface area contributed by atoms with Crippen LogP contribution in [0, 0.1) is 5.92 Å². The predicted octanol–water partition coefficient (Wildman–Crippen LogP) is 3.84. The topological polar surface area (TPSA) is 58.6 Å². The van der Waals surface area contributed by atoms with Gasteiger partial charge in [0.2, 0.25) is 5.91 Å². The van der Waals surface area contributed by atoms with Gasteiger partial charge in [0.15, 0.2) is 0 Å². The van der Waals surface area contributed by atoms with Crippen molar-refractivity contribution < 1.29 is 14.3 Å². The Hall–Kier alpha value is -2.53. The largest absolute Gasteiger partial charge is 0.497 e. The van der Waals surface area contributed by atoms with Crippen molar-refractivity contribution in [1.29, 1.82) is 0 Å². The number of rotatable bonds is 4.